The molecular formula is C24H30N3O4+. The zero-order valence-electron chi connectivity index (χ0n) is 18.1. The second-order valence-corrected chi connectivity index (χ2v) is 8.06. The number of methoxy groups -OCH3 is 1. The van der Waals surface area contributed by atoms with Gasteiger partial charge in [-0.1, -0.05) is 0 Å². The van der Waals surface area contributed by atoms with Crippen LogP contribution in [-0.4, -0.2) is 50.7 Å². The predicted octanol–water partition coefficient (Wildman–Crippen LogP) is 1.89. The standard InChI is InChI=1S/C24H29N3O4/c1-3-31-21-10-6-19(7-11-21)27-23(28)16-22(24(27)29)26-14-12-18(13-15-26)25-17-4-8-20(30-2)9-5-17/h4-11,18,22,25H,3,12-16H2,1-2H3/p+1/t22-/m1/s1. The first-order chi connectivity index (χ1) is 15.1. The van der Waals surface area contributed by atoms with Crippen molar-refractivity contribution in [3.63, 3.8) is 0 Å². The van der Waals surface area contributed by atoms with Crippen LogP contribution >= 0.6 is 0 Å². The molecule has 2 N–H and O–H groups in total. The number of nitrogens with one attached hydrogen (secondary N) is 2. The monoisotopic (exact) mass is 424 g/mol. The molecule has 2 amide bonds. The van der Waals surface area contributed by atoms with E-state index in [0.29, 0.717) is 18.3 Å². The molecule has 2 aliphatic rings. The highest BCUT2D eigenvalue weighted by Crippen LogP contribution is 2.25. The summed E-state index contributed by atoms with van der Waals surface area (Å²) in [6.45, 7) is 4.24. The maximum atomic E-state index is 13.1. The fourth-order valence-electron chi connectivity index (χ4n) is 4.48. The minimum atomic E-state index is -0.291. The van der Waals surface area contributed by atoms with Crippen molar-refractivity contribution in [2.45, 2.75) is 38.3 Å². The van der Waals surface area contributed by atoms with E-state index in [2.05, 4.69) is 5.32 Å². The van der Waals surface area contributed by atoms with Crippen molar-refractivity contribution in [2.24, 2.45) is 0 Å². The molecule has 2 aliphatic heterocycles. The minimum Gasteiger partial charge on any atom is -0.497 e. The molecule has 0 spiro atoms. The fraction of sp³-hybridized carbons (Fsp3) is 0.417. The number of hydrogen-bond acceptors (Lipinski definition) is 5. The average Bonchev–Trinajstić information content (AvgIpc) is 3.09. The topological polar surface area (TPSA) is 72.3 Å². The van der Waals surface area contributed by atoms with E-state index in [4.69, 9.17) is 9.47 Å². The van der Waals surface area contributed by atoms with Crippen LogP contribution in [0.2, 0.25) is 0 Å². The highest BCUT2D eigenvalue weighted by molar-refractivity contribution is 6.21. The first kappa shape index (κ1) is 21.2. The Morgan fingerprint density at radius 2 is 1.65 bits per heavy atom. The number of nitrogens with zero attached hydrogens (tertiary/aromatic N) is 1. The number of anilines is 2. The van der Waals surface area contributed by atoms with Crippen LogP contribution in [0.4, 0.5) is 11.4 Å². The molecule has 0 aromatic heterocycles. The zero-order chi connectivity index (χ0) is 21.8. The SMILES string of the molecule is CCOc1ccc(N2C(=O)C[C@@H]([NH+]3CCC(Nc4ccc(OC)cc4)CC3)C2=O)cc1. The van der Waals surface area contributed by atoms with Gasteiger partial charge in [-0.3, -0.25) is 9.59 Å². The van der Waals surface area contributed by atoms with Crippen molar-refractivity contribution in [3.8, 4) is 11.5 Å². The average molecular weight is 425 g/mol. The van der Waals surface area contributed by atoms with Crippen LogP contribution < -0.4 is 24.6 Å². The molecule has 2 fully saturated rings. The normalized spacial score (nSPS) is 23.7. The van der Waals surface area contributed by atoms with E-state index in [1.54, 1.807) is 31.4 Å². The summed E-state index contributed by atoms with van der Waals surface area (Å²) in [5, 5.41) is 3.57. The van der Waals surface area contributed by atoms with Gasteiger partial charge in [0.1, 0.15) is 11.5 Å². The van der Waals surface area contributed by atoms with Gasteiger partial charge in [0.05, 0.1) is 38.9 Å². The molecule has 0 radical (unpaired) electrons. The Bertz CT molecular complexity index is 905. The maximum Gasteiger partial charge on any atom is 0.292 e. The summed E-state index contributed by atoms with van der Waals surface area (Å²) in [6.07, 6.45) is 2.20. The smallest absolute Gasteiger partial charge is 0.292 e. The number of ether oxygens (including phenoxy) is 2. The predicted molar refractivity (Wildman–Crippen MR) is 119 cm³/mol. The van der Waals surface area contributed by atoms with Crippen molar-refractivity contribution in [3.05, 3.63) is 48.5 Å². The summed E-state index contributed by atoms with van der Waals surface area (Å²) < 4.78 is 10.7. The van der Waals surface area contributed by atoms with Gasteiger partial charge in [-0.2, -0.15) is 0 Å². The van der Waals surface area contributed by atoms with Gasteiger partial charge in [0, 0.05) is 24.6 Å². The van der Waals surface area contributed by atoms with Crippen molar-refractivity contribution in [1.82, 2.24) is 0 Å². The van der Waals surface area contributed by atoms with E-state index in [9.17, 15) is 9.59 Å². The molecule has 7 nitrogen and oxygen atoms in total. The van der Waals surface area contributed by atoms with Gasteiger partial charge >= 0.3 is 0 Å². The minimum absolute atomic E-state index is 0.0919. The Balaban J connectivity index is 1.34. The highest BCUT2D eigenvalue weighted by Gasteiger charge is 2.46. The lowest BCUT2D eigenvalue weighted by Crippen LogP contribution is -3.17. The van der Waals surface area contributed by atoms with Crippen molar-refractivity contribution in [1.29, 1.82) is 0 Å². The van der Waals surface area contributed by atoms with Gasteiger partial charge in [0.25, 0.3) is 5.91 Å². The summed E-state index contributed by atoms with van der Waals surface area (Å²) in [5.41, 5.74) is 1.69. The lowest BCUT2D eigenvalue weighted by molar-refractivity contribution is -0.919. The largest absolute Gasteiger partial charge is 0.497 e. The molecule has 7 heteroatoms. The molecule has 2 aromatic carbocycles. The van der Waals surface area contributed by atoms with Crippen LogP contribution in [0.25, 0.3) is 0 Å². The first-order valence-corrected chi connectivity index (χ1v) is 10.9. The van der Waals surface area contributed by atoms with Crippen molar-refractivity contribution < 1.29 is 24.0 Å². The molecule has 164 valence electrons. The first-order valence-electron chi connectivity index (χ1n) is 10.9. The molecule has 1 atom stereocenters. The summed E-state index contributed by atoms with van der Waals surface area (Å²) in [7, 11) is 1.66. The number of rotatable bonds is 7. The summed E-state index contributed by atoms with van der Waals surface area (Å²) in [5.74, 6) is 1.36. The number of carbonyl (C=O) groups excluding carboxylic acids is 2. The van der Waals surface area contributed by atoms with Crippen LogP contribution in [0.15, 0.2) is 48.5 Å². The van der Waals surface area contributed by atoms with Crippen LogP contribution in [0.5, 0.6) is 11.5 Å². The zero-order valence-corrected chi connectivity index (χ0v) is 18.1. The fourth-order valence-corrected chi connectivity index (χ4v) is 4.48. The van der Waals surface area contributed by atoms with Gasteiger partial charge < -0.3 is 19.7 Å². The van der Waals surface area contributed by atoms with Gasteiger partial charge in [-0.15, -0.1) is 0 Å². The third-order valence-corrected chi connectivity index (χ3v) is 6.13. The summed E-state index contributed by atoms with van der Waals surface area (Å²) in [6, 6.07) is 15.2. The number of carbonyl (C=O) groups is 2. The number of quaternary nitrogens is 1. The second-order valence-electron chi connectivity index (χ2n) is 8.06. The Morgan fingerprint density at radius 1 is 1.00 bits per heavy atom. The van der Waals surface area contributed by atoms with Crippen LogP contribution in [0.3, 0.4) is 0 Å². The van der Waals surface area contributed by atoms with Gasteiger partial charge in [-0.25, -0.2) is 4.90 Å². The van der Waals surface area contributed by atoms with Gasteiger partial charge in [0.15, 0.2) is 6.04 Å². The van der Waals surface area contributed by atoms with Crippen LogP contribution in [-0.2, 0) is 9.59 Å². The highest BCUT2D eigenvalue weighted by atomic mass is 16.5. The molecule has 0 aliphatic carbocycles. The Morgan fingerprint density at radius 3 is 2.26 bits per heavy atom. The maximum absolute atomic E-state index is 13.1. The molecule has 2 aromatic rings. The number of hydrogen-bond donors (Lipinski definition) is 2. The van der Waals surface area contributed by atoms with E-state index >= 15 is 0 Å². The Labute approximate surface area is 182 Å². The summed E-state index contributed by atoms with van der Waals surface area (Å²) in [4.78, 5) is 28.3. The van der Waals surface area contributed by atoms with Gasteiger partial charge in [-0.05, 0) is 55.5 Å². The van der Waals surface area contributed by atoms with E-state index in [1.807, 2.05) is 31.2 Å². The number of piperidine rings is 1. The number of amides is 2. The molecule has 0 saturated carbocycles. The van der Waals surface area contributed by atoms with Gasteiger partial charge in [0.2, 0.25) is 5.91 Å². The Hall–Kier alpha value is -3.06. The van der Waals surface area contributed by atoms with Crippen molar-refractivity contribution in [2.75, 3.05) is 37.0 Å². The number of imide groups is 1. The number of benzene rings is 2. The van der Waals surface area contributed by atoms with Crippen LogP contribution in [0, 0.1) is 0 Å². The lowest BCUT2D eigenvalue weighted by Gasteiger charge is -2.32. The third kappa shape index (κ3) is 4.66. The number of likely N-dealkylation sites (tertiary alicyclic amines) is 1. The summed E-state index contributed by atoms with van der Waals surface area (Å²) >= 11 is 0. The van der Waals surface area contributed by atoms with Crippen molar-refractivity contribution >= 4 is 23.2 Å². The van der Waals surface area contributed by atoms with E-state index < -0.39 is 0 Å². The molecule has 2 saturated heterocycles. The second kappa shape index (κ2) is 9.39. The molecule has 0 bridgehead atoms. The quantitative estimate of drug-likeness (QED) is 0.664. The third-order valence-electron chi connectivity index (χ3n) is 6.13. The Kier molecular flexibility index (Phi) is 6.42. The van der Waals surface area contributed by atoms with Crippen LogP contribution in [0.1, 0.15) is 26.2 Å². The molecule has 4 rings (SSSR count). The molecule has 0 unspecified atom stereocenters. The molecule has 2 heterocycles. The van der Waals surface area contributed by atoms with E-state index in [0.717, 1.165) is 43.1 Å². The van der Waals surface area contributed by atoms with E-state index in [1.165, 1.54) is 9.80 Å². The lowest BCUT2D eigenvalue weighted by atomic mass is 10.0. The molecular weight excluding hydrogens is 394 g/mol. The molecule has 31 heavy (non-hydrogen) atoms. The van der Waals surface area contributed by atoms with E-state index in [-0.39, 0.29) is 24.3 Å².